The molecule has 3 heterocycles. The first-order valence-corrected chi connectivity index (χ1v) is 14.9. The summed E-state index contributed by atoms with van der Waals surface area (Å²) < 4.78 is 82.2. The third-order valence-corrected chi connectivity index (χ3v) is 10.0. The Morgan fingerprint density at radius 2 is 1.51 bits per heavy atom. The van der Waals surface area contributed by atoms with Gasteiger partial charge in [0.25, 0.3) is 0 Å². The van der Waals surface area contributed by atoms with Crippen LogP contribution in [0.2, 0.25) is 0 Å². The summed E-state index contributed by atoms with van der Waals surface area (Å²) in [5.41, 5.74) is -2.38. The maximum Gasteiger partial charge on any atom is 0.418 e. The van der Waals surface area contributed by atoms with Crippen molar-refractivity contribution in [3.63, 3.8) is 0 Å². The summed E-state index contributed by atoms with van der Waals surface area (Å²) in [5, 5.41) is 1.28. The van der Waals surface area contributed by atoms with Crippen molar-refractivity contribution in [2.75, 3.05) is 10.2 Å². The number of nitrogens with one attached hydrogen (secondary N) is 1. The van der Waals surface area contributed by atoms with Crippen molar-refractivity contribution in [1.82, 2.24) is 4.57 Å². The second kappa shape index (κ2) is 11.2. The maximum atomic E-state index is 13.9. The Bertz CT molecular complexity index is 1890. The summed E-state index contributed by atoms with van der Waals surface area (Å²) in [6.07, 6.45) is -9.51. The van der Waals surface area contributed by atoms with Crippen molar-refractivity contribution >= 4 is 52.2 Å². The van der Waals surface area contributed by atoms with Crippen molar-refractivity contribution < 1.29 is 40.7 Å². The average Bonchev–Trinajstić information content (AvgIpc) is 3.42. The SMILES string of the molecule is O=C(Cn1c2c(sc1=O)[C@@H](c1ccccc1)[C@@H]1C(=O)N(c3ccccc3C(F)(F)F)C(=O)[C@@H]1S2)Nc1cccc(C(F)(F)F)c1. The number of halogens is 6. The normalized spacial score (nSPS) is 19.8. The number of fused-ring (bicyclic) bond motifs is 2. The van der Waals surface area contributed by atoms with Crippen molar-refractivity contribution in [2.45, 2.75) is 35.1 Å². The van der Waals surface area contributed by atoms with Crippen LogP contribution in [-0.2, 0) is 33.3 Å². The van der Waals surface area contributed by atoms with Crippen molar-refractivity contribution in [1.29, 1.82) is 0 Å². The number of nitrogens with zero attached hydrogens (tertiary/aromatic N) is 2. The molecule has 0 unspecified atom stereocenters. The molecule has 0 radical (unpaired) electrons. The lowest BCUT2D eigenvalue weighted by atomic mass is 9.83. The second-order valence-corrected chi connectivity index (χ2v) is 12.4. The number of thiazole rings is 1. The molecule has 2 aliphatic heterocycles. The Kier molecular flexibility index (Phi) is 7.64. The molecule has 7 nitrogen and oxygen atoms in total. The van der Waals surface area contributed by atoms with E-state index in [1.54, 1.807) is 30.3 Å². The summed E-state index contributed by atoms with van der Waals surface area (Å²) in [4.78, 5) is 54.1. The molecule has 1 N–H and O–H groups in total. The lowest BCUT2D eigenvalue weighted by molar-refractivity contribution is -0.138. The number of anilines is 2. The Hall–Kier alpha value is -4.37. The van der Waals surface area contributed by atoms with Crippen LogP contribution in [0, 0.1) is 5.92 Å². The van der Waals surface area contributed by atoms with Gasteiger partial charge in [-0.25, -0.2) is 4.90 Å². The Labute approximate surface area is 258 Å². The van der Waals surface area contributed by atoms with Crippen molar-refractivity contribution in [3.8, 4) is 0 Å². The lowest BCUT2D eigenvalue weighted by Crippen LogP contribution is -2.33. The minimum absolute atomic E-state index is 0.155. The van der Waals surface area contributed by atoms with E-state index in [1.165, 1.54) is 12.1 Å². The number of alkyl halides is 6. The minimum atomic E-state index is -4.86. The molecule has 1 fully saturated rings. The number of para-hydroxylation sites is 1. The first kappa shape index (κ1) is 30.6. The third kappa shape index (κ3) is 5.54. The smallest absolute Gasteiger partial charge is 0.325 e. The quantitative estimate of drug-likeness (QED) is 0.198. The van der Waals surface area contributed by atoms with Crippen LogP contribution in [-0.4, -0.2) is 27.5 Å². The van der Waals surface area contributed by atoms with Crippen LogP contribution in [0.3, 0.4) is 0 Å². The molecule has 2 aliphatic rings. The monoisotopic (exact) mass is 663 g/mol. The number of hydrogen-bond donors (Lipinski definition) is 1. The summed E-state index contributed by atoms with van der Waals surface area (Å²) in [7, 11) is 0. The van der Waals surface area contributed by atoms with Crippen molar-refractivity contribution in [3.05, 3.63) is 110 Å². The average molecular weight is 664 g/mol. The molecule has 0 aliphatic carbocycles. The Morgan fingerprint density at radius 3 is 2.20 bits per heavy atom. The predicted molar refractivity (Wildman–Crippen MR) is 154 cm³/mol. The molecule has 1 aromatic heterocycles. The van der Waals surface area contributed by atoms with Crippen LogP contribution in [0.25, 0.3) is 0 Å². The van der Waals surface area contributed by atoms with Crippen LogP contribution < -0.4 is 15.1 Å². The summed E-state index contributed by atoms with van der Waals surface area (Å²) in [5.74, 6) is -4.66. The van der Waals surface area contributed by atoms with E-state index in [2.05, 4.69) is 5.32 Å². The highest BCUT2D eigenvalue weighted by Crippen LogP contribution is 2.54. The van der Waals surface area contributed by atoms with Crippen LogP contribution in [0.15, 0.2) is 88.7 Å². The predicted octanol–water partition coefficient (Wildman–Crippen LogP) is 6.38. The fourth-order valence-corrected chi connectivity index (χ4v) is 8.31. The summed E-state index contributed by atoms with van der Waals surface area (Å²) in [6.45, 7) is -0.629. The highest BCUT2D eigenvalue weighted by molar-refractivity contribution is 8.00. The molecule has 3 amide bonds. The van der Waals surface area contributed by atoms with Gasteiger partial charge in [-0.15, -0.1) is 0 Å². The van der Waals surface area contributed by atoms with Gasteiger partial charge in [-0.3, -0.25) is 23.7 Å². The van der Waals surface area contributed by atoms with Gasteiger partial charge in [-0.1, -0.05) is 71.6 Å². The number of rotatable bonds is 5. The van der Waals surface area contributed by atoms with E-state index in [0.29, 0.717) is 15.3 Å². The van der Waals surface area contributed by atoms with Gasteiger partial charge in [0.05, 0.1) is 27.8 Å². The molecule has 232 valence electrons. The highest BCUT2D eigenvalue weighted by atomic mass is 32.2. The second-order valence-electron chi connectivity index (χ2n) is 10.2. The Morgan fingerprint density at radius 1 is 0.822 bits per heavy atom. The van der Waals surface area contributed by atoms with Crippen LogP contribution in [0.1, 0.15) is 27.5 Å². The molecule has 6 rings (SSSR count). The van der Waals surface area contributed by atoms with Crippen LogP contribution >= 0.6 is 23.1 Å². The third-order valence-electron chi connectivity index (χ3n) is 7.43. The molecule has 3 aromatic carbocycles. The van der Waals surface area contributed by atoms with Gasteiger partial charge in [0, 0.05) is 16.5 Å². The van der Waals surface area contributed by atoms with E-state index in [-0.39, 0.29) is 10.7 Å². The first-order valence-electron chi connectivity index (χ1n) is 13.2. The summed E-state index contributed by atoms with van der Waals surface area (Å²) in [6, 6.07) is 16.6. The van der Waals surface area contributed by atoms with Crippen LogP contribution in [0.4, 0.5) is 37.7 Å². The first-order chi connectivity index (χ1) is 21.3. The molecule has 0 saturated carbocycles. The Balaban J connectivity index is 1.39. The zero-order valence-corrected chi connectivity index (χ0v) is 24.2. The van der Waals surface area contributed by atoms with E-state index >= 15 is 0 Å². The maximum absolute atomic E-state index is 13.9. The number of imide groups is 1. The van der Waals surface area contributed by atoms with E-state index in [1.807, 2.05) is 0 Å². The van der Waals surface area contributed by atoms with E-state index in [4.69, 9.17) is 0 Å². The number of aromatic nitrogens is 1. The van der Waals surface area contributed by atoms with E-state index in [9.17, 15) is 45.5 Å². The number of benzene rings is 3. The fourth-order valence-electron chi connectivity index (χ4n) is 5.54. The zero-order chi connectivity index (χ0) is 32.3. The molecular formula is C30H19F6N3O4S2. The number of amides is 3. The zero-order valence-electron chi connectivity index (χ0n) is 22.6. The number of carbonyl (C=O) groups is 3. The number of carbonyl (C=O) groups excluding carboxylic acids is 3. The lowest BCUT2D eigenvalue weighted by Gasteiger charge is -2.30. The van der Waals surface area contributed by atoms with Gasteiger partial charge < -0.3 is 5.32 Å². The number of thioether (sulfide) groups is 1. The molecular weight excluding hydrogens is 644 g/mol. The molecule has 1 saturated heterocycles. The fraction of sp³-hybridized carbons (Fsp3) is 0.200. The molecule has 0 bridgehead atoms. The minimum Gasteiger partial charge on any atom is -0.325 e. The molecule has 15 heteroatoms. The molecule has 3 atom stereocenters. The van der Waals surface area contributed by atoms with Crippen LogP contribution in [0.5, 0.6) is 0 Å². The molecule has 4 aromatic rings. The molecule has 45 heavy (non-hydrogen) atoms. The highest BCUT2D eigenvalue weighted by Gasteiger charge is 2.57. The van der Waals surface area contributed by atoms with Gasteiger partial charge in [0.15, 0.2) is 0 Å². The largest absolute Gasteiger partial charge is 0.418 e. The summed E-state index contributed by atoms with van der Waals surface area (Å²) >= 11 is 1.53. The van der Waals surface area contributed by atoms with Gasteiger partial charge in [-0.2, -0.15) is 26.3 Å². The van der Waals surface area contributed by atoms with Gasteiger partial charge >= 0.3 is 17.2 Å². The van der Waals surface area contributed by atoms with E-state index in [0.717, 1.165) is 64.1 Å². The van der Waals surface area contributed by atoms with E-state index < -0.39 is 75.4 Å². The van der Waals surface area contributed by atoms with Gasteiger partial charge in [0.2, 0.25) is 17.7 Å². The van der Waals surface area contributed by atoms with Gasteiger partial charge in [-0.05, 0) is 35.9 Å². The topological polar surface area (TPSA) is 88.5 Å². The molecule has 0 spiro atoms. The standard InChI is InChI=1S/C30H19F6N3O4S2/c31-29(32,33)16-9-6-10-17(13-16)37-20(40)14-38-27-24(45-28(38)43)21(15-7-2-1-3-8-15)22-23(44-27)26(42)39(25(22)41)19-12-5-4-11-18(19)30(34,35)36/h1-13,21-23H,14H2,(H,37,40)/t21-,22-,23+/m0/s1. The van der Waals surface area contributed by atoms with Gasteiger partial charge in [0.1, 0.15) is 11.8 Å². The van der Waals surface area contributed by atoms with Crippen molar-refractivity contribution in [2.24, 2.45) is 5.92 Å². The number of hydrogen-bond acceptors (Lipinski definition) is 6.